The van der Waals surface area contributed by atoms with E-state index in [9.17, 15) is 4.89 Å². The van der Waals surface area contributed by atoms with Gasteiger partial charge in [-0.1, -0.05) is 0 Å². The Kier molecular flexibility index (Phi) is 3.82. The zero-order chi connectivity index (χ0) is 11.5. The Morgan fingerprint density at radius 2 is 1.44 bits per heavy atom. The van der Waals surface area contributed by atoms with Crippen molar-refractivity contribution in [3.63, 3.8) is 0 Å². The predicted molar refractivity (Wildman–Crippen MR) is 66.3 cm³/mol. The summed E-state index contributed by atoms with van der Waals surface area (Å²) in [6.07, 6.45) is 0. The van der Waals surface area contributed by atoms with Gasteiger partial charge in [-0.25, -0.2) is 0 Å². The highest BCUT2D eigenvalue weighted by molar-refractivity contribution is 7.40. The summed E-state index contributed by atoms with van der Waals surface area (Å²) in [5.41, 5.74) is 2.19. The van der Waals surface area contributed by atoms with Gasteiger partial charge in [0.2, 0.25) is 8.60 Å². The molecular weight excluding hydrogens is 263 g/mol. The highest BCUT2D eigenvalue weighted by atomic mass is 32.1. The Balaban J connectivity index is 1.91. The second-order valence-corrected chi connectivity index (χ2v) is 5.85. The monoisotopic (exact) mass is 273 g/mol. The first-order valence-electron chi connectivity index (χ1n) is 4.57. The predicted octanol–water partition coefficient (Wildman–Crippen LogP) is 3.47. The number of rotatable bonds is 4. The zero-order valence-corrected chi connectivity index (χ0v) is 11.3. The summed E-state index contributed by atoms with van der Waals surface area (Å²) in [5, 5.41) is 5.11. The van der Waals surface area contributed by atoms with Gasteiger partial charge >= 0.3 is 0 Å². The fourth-order valence-corrected chi connectivity index (χ4v) is 3.47. The maximum Gasteiger partial charge on any atom is 0.212 e. The second-order valence-electron chi connectivity index (χ2n) is 3.29. The van der Waals surface area contributed by atoms with Crippen molar-refractivity contribution in [2.45, 2.75) is 13.8 Å². The van der Waals surface area contributed by atoms with E-state index in [2.05, 4.69) is 0 Å². The van der Waals surface area contributed by atoms with Crippen molar-refractivity contribution in [1.82, 2.24) is 0 Å². The van der Waals surface area contributed by atoms with Crippen LogP contribution in [0.1, 0.15) is 11.1 Å². The Hall–Kier alpha value is -0.610. The molecule has 0 aliphatic rings. The van der Waals surface area contributed by atoms with Crippen LogP contribution in [-0.4, -0.2) is 0 Å². The normalized spacial score (nSPS) is 10.8. The summed E-state index contributed by atoms with van der Waals surface area (Å²) >= 11 is 2.82. The van der Waals surface area contributed by atoms with Crippen LogP contribution >= 0.6 is 31.3 Å². The molecule has 2 aromatic heterocycles. The molecule has 0 fully saturated rings. The molecule has 2 heterocycles. The van der Waals surface area contributed by atoms with Gasteiger partial charge in [-0.05, 0) is 47.9 Å². The lowest BCUT2D eigenvalue weighted by molar-refractivity contribution is -0.188. The summed E-state index contributed by atoms with van der Waals surface area (Å²) < 4.78 is 10.3. The molecular formula is C10H10O3PS2-. The van der Waals surface area contributed by atoms with Gasteiger partial charge in [0.15, 0.2) is 10.1 Å². The van der Waals surface area contributed by atoms with Gasteiger partial charge in [0, 0.05) is 0 Å². The largest absolute Gasteiger partial charge is 0.765 e. The van der Waals surface area contributed by atoms with Crippen molar-refractivity contribution >= 4 is 31.3 Å². The summed E-state index contributed by atoms with van der Waals surface area (Å²) in [6.45, 7) is 3.92. The quantitative estimate of drug-likeness (QED) is 0.801. The van der Waals surface area contributed by atoms with E-state index in [0.29, 0.717) is 10.1 Å². The third-order valence-corrected chi connectivity index (χ3v) is 4.53. The van der Waals surface area contributed by atoms with Crippen molar-refractivity contribution < 1.29 is 13.9 Å². The van der Waals surface area contributed by atoms with Crippen molar-refractivity contribution in [2.75, 3.05) is 0 Å². The molecule has 86 valence electrons. The van der Waals surface area contributed by atoms with Gasteiger partial charge in [0.1, 0.15) is 0 Å². The summed E-state index contributed by atoms with van der Waals surface area (Å²) in [7, 11) is -2.14. The molecule has 0 aliphatic carbocycles. The van der Waals surface area contributed by atoms with Crippen LogP contribution in [0.15, 0.2) is 22.9 Å². The maximum absolute atomic E-state index is 11.5. The Labute approximate surface area is 103 Å². The maximum atomic E-state index is 11.5. The second kappa shape index (κ2) is 5.15. The highest BCUT2D eigenvalue weighted by Gasteiger charge is 2.04. The lowest BCUT2D eigenvalue weighted by Gasteiger charge is -2.20. The van der Waals surface area contributed by atoms with E-state index in [1.807, 2.05) is 36.7 Å². The fourth-order valence-electron chi connectivity index (χ4n) is 1.07. The van der Waals surface area contributed by atoms with Gasteiger partial charge in [0.25, 0.3) is 0 Å². The molecule has 0 N–H and O–H groups in total. The molecule has 0 amide bonds. The Bertz CT molecular complexity index is 424. The summed E-state index contributed by atoms with van der Waals surface area (Å²) in [5.74, 6) is 0. The molecule has 16 heavy (non-hydrogen) atoms. The van der Waals surface area contributed by atoms with Gasteiger partial charge < -0.3 is 13.9 Å². The SMILES string of the molecule is Cc1csc(OP([O-])Oc2cc(C)cs2)c1. The molecule has 0 aliphatic heterocycles. The smallest absolute Gasteiger partial charge is 0.212 e. The van der Waals surface area contributed by atoms with E-state index in [0.717, 1.165) is 11.1 Å². The zero-order valence-electron chi connectivity index (χ0n) is 8.80. The average molecular weight is 273 g/mol. The molecule has 2 rings (SSSR count). The number of aryl methyl sites for hydroxylation is 2. The van der Waals surface area contributed by atoms with E-state index in [-0.39, 0.29) is 0 Å². The molecule has 0 saturated carbocycles. The van der Waals surface area contributed by atoms with Gasteiger partial charge in [-0.2, -0.15) is 0 Å². The van der Waals surface area contributed by atoms with Crippen LogP contribution in [-0.2, 0) is 0 Å². The lowest BCUT2D eigenvalue weighted by atomic mass is 10.4. The Morgan fingerprint density at radius 3 is 1.75 bits per heavy atom. The molecule has 0 unspecified atom stereocenters. The molecule has 3 nitrogen and oxygen atoms in total. The van der Waals surface area contributed by atoms with Crippen molar-refractivity contribution in [3.05, 3.63) is 34.0 Å². The van der Waals surface area contributed by atoms with Gasteiger partial charge in [-0.3, -0.25) is 0 Å². The molecule has 0 atom stereocenters. The van der Waals surface area contributed by atoms with Gasteiger partial charge in [0.05, 0.1) is 0 Å². The lowest BCUT2D eigenvalue weighted by Crippen LogP contribution is -2.06. The van der Waals surface area contributed by atoms with Crippen LogP contribution in [0.5, 0.6) is 10.1 Å². The number of hydrogen-bond donors (Lipinski definition) is 0. The van der Waals surface area contributed by atoms with E-state index in [1.165, 1.54) is 22.7 Å². The molecule has 0 bridgehead atoms. The van der Waals surface area contributed by atoms with E-state index in [4.69, 9.17) is 9.05 Å². The first-order chi connectivity index (χ1) is 7.63. The van der Waals surface area contributed by atoms with E-state index < -0.39 is 8.60 Å². The molecule has 0 spiro atoms. The summed E-state index contributed by atoms with van der Waals surface area (Å²) in [4.78, 5) is 11.5. The fraction of sp³-hybridized carbons (Fsp3) is 0.200. The minimum Gasteiger partial charge on any atom is -0.765 e. The van der Waals surface area contributed by atoms with E-state index in [1.54, 1.807) is 0 Å². The summed E-state index contributed by atoms with van der Waals surface area (Å²) in [6, 6.07) is 3.67. The first-order valence-corrected chi connectivity index (χ1v) is 7.42. The highest BCUT2D eigenvalue weighted by Crippen LogP contribution is 2.38. The standard InChI is InChI=1S/C10H10O3PS2/c1-7-3-9(15-5-7)12-14(11)13-10-4-8(2)6-16-10/h3-6H,1-2H3/q-1. The van der Waals surface area contributed by atoms with Crippen LogP contribution in [0, 0.1) is 13.8 Å². The van der Waals surface area contributed by atoms with Crippen molar-refractivity contribution in [1.29, 1.82) is 0 Å². The van der Waals surface area contributed by atoms with Crippen molar-refractivity contribution in [3.8, 4) is 10.1 Å². The topological polar surface area (TPSA) is 41.5 Å². The Morgan fingerprint density at radius 1 is 1.00 bits per heavy atom. The average Bonchev–Trinajstić information content (AvgIpc) is 2.76. The molecule has 0 aromatic carbocycles. The molecule has 0 radical (unpaired) electrons. The van der Waals surface area contributed by atoms with Crippen LogP contribution in [0.25, 0.3) is 0 Å². The van der Waals surface area contributed by atoms with E-state index >= 15 is 0 Å². The van der Waals surface area contributed by atoms with Gasteiger partial charge in [-0.15, -0.1) is 22.7 Å². The number of hydrogen-bond acceptors (Lipinski definition) is 5. The van der Waals surface area contributed by atoms with Crippen LogP contribution in [0.3, 0.4) is 0 Å². The first kappa shape index (κ1) is 11.9. The number of thiophene rings is 2. The molecule has 2 aromatic rings. The molecule has 6 heteroatoms. The van der Waals surface area contributed by atoms with Crippen molar-refractivity contribution in [2.24, 2.45) is 0 Å². The molecule has 0 saturated heterocycles. The minimum absolute atomic E-state index is 0.617. The van der Waals surface area contributed by atoms with Crippen LogP contribution in [0.4, 0.5) is 0 Å². The van der Waals surface area contributed by atoms with Crippen LogP contribution in [0.2, 0.25) is 0 Å². The third kappa shape index (κ3) is 3.19. The van der Waals surface area contributed by atoms with Crippen LogP contribution < -0.4 is 13.9 Å². The third-order valence-electron chi connectivity index (χ3n) is 1.74. The minimum atomic E-state index is -2.14.